The number of rotatable bonds is 2. The highest BCUT2D eigenvalue weighted by Gasteiger charge is 2.19. The fraction of sp³-hybridized carbons (Fsp3) is 0.500. The van der Waals surface area contributed by atoms with Crippen LogP contribution >= 0.6 is 15.9 Å². The molecule has 15 heavy (non-hydrogen) atoms. The molecule has 1 unspecified atom stereocenters. The van der Waals surface area contributed by atoms with Crippen molar-refractivity contribution >= 4 is 15.9 Å². The molecule has 84 valence electrons. The van der Waals surface area contributed by atoms with Gasteiger partial charge in [-0.05, 0) is 30.0 Å². The molecule has 2 N–H and O–H groups in total. The van der Waals surface area contributed by atoms with E-state index in [-0.39, 0.29) is 17.3 Å². The van der Waals surface area contributed by atoms with Crippen molar-refractivity contribution in [2.45, 2.75) is 33.2 Å². The molecule has 1 nitrogen and oxygen atoms in total. The van der Waals surface area contributed by atoms with Gasteiger partial charge in [0.1, 0.15) is 5.82 Å². The zero-order valence-corrected chi connectivity index (χ0v) is 10.9. The van der Waals surface area contributed by atoms with Crippen molar-refractivity contribution in [1.29, 1.82) is 0 Å². The maximum atomic E-state index is 13.5. The Morgan fingerprint density at radius 1 is 1.40 bits per heavy atom. The van der Waals surface area contributed by atoms with Gasteiger partial charge in [-0.1, -0.05) is 36.7 Å². The lowest BCUT2D eigenvalue weighted by atomic mass is 9.86. The summed E-state index contributed by atoms with van der Waals surface area (Å²) in [5, 5.41) is 0. The predicted octanol–water partition coefficient (Wildman–Crippen LogP) is 4.02. The van der Waals surface area contributed by atoms with Crippen molar-refractivity contribution in [3.8, 4) is 0 Å². The molecule has 0 fully saturated rings. The highest BCUT2D eigenvalue weighted by atomic mass is 79.9. The van der Waals surface area contributed by atoms with E-state index in [9.17, 15) is 4.39 Å². The van der Waals surface area contributed by atoms with Crippen molar-refractivity contribution in [1.82, 2.24) is 0 Å². The van der Waals surface area contributed by atoms with Crippen LogP contribution in [0.5, 0.6) is 0 Å². The van der Waals surface area contributed by atoms with E-state index in [4.69, 9.17) is 5.73 Å². The van der Waals surface area contributed by atoms with Gasteiger partial charge in [0, 0.05) is 16.1 Å². The lowest BCUT2D eigenvalue weighted by molar-refractivity contribution is 0.338. The molecule has 1 aromatic carbocycles. The van der Waals surface area contributed by atoms with Crippen molar-refractivity contribution in [3.63, 3.8) is 0 Å². The average molecular weight is 274 g/mol. The average Bonchev–Trinajstić information content (AvgIpc) is 2.06. The Labute approximate surface area is 99.0 Å². The molecule has 0 aliphatic heterocycles. The van der Waals surface area contributed by atoms with Gasteiger partial charge in [-0.25, -0.2) is 4.39 Å². The lowest BCUT2D eigenvalue weighted by Gasteiger charge is -2.23. The monoisotopic (exact) mass is 273 g/mol. The minimum absolute atomic E-state index is 0.105. The number of halogens is 2. The van der Waals surface area contributed by atoms with Crippen molar-refractivity contribution in [2.75, 3.05) is 0 Å². The quantitative estimate of drug-likeness (QED) is 0.865. The Hall–Kier alpha value is -0.410. The lowest BCUT2D eigenvalue weighted by Crippen LogP contribution is -2.19. The third kappa shape index (κ3) is 3.92. The topological polar surface area (TPSA) is 26.0 Å². The molecular weight excluding hydrogens is 257 g/mol. The Bertz CT molecular complexity index is 344. The van der Waals surface area contributed by atoms with Crippen LogP contribution in [0.4, 0.5) is 4.39 Å². The van der Waals surface area contributed by atoms with E-state index in [0.717, 1.165) is 10.9 Å². The minimum Gasteiger partial charge on any atom is -0.324 e. The molecule has 3 heteroatoms. The molecule has 0 bridgehead atoms. The molecule has 0 saturated carbocycles. The third-order valence-corrected chi connectivity index (χ3v) is 2.68. The summed E-state index contributed by atoms with van der Waals surface area (Å²) in [5.74, 6) is -0.227. The summed E-state index contributed by atoms with van der Waals surface area (Å²) >= 11 is 3.32. The first-order valence-electron chi connectivity index (χ1n) is 5.00. The van der Waals surface area contributed by atoms with Crippen LogP contribution in [-0.2, 0) is 0 Å². The Balaban J connectivity index is 2.90. The van der Waals surface area contributed by atoms with Crippen LogP contribution in [-0.4, -0.2) is 0 Å². The van der Waals surface area contributed by atoms with Crippen LogP contribution in [0.15, 0.2) is 22.7 Å². The summed E-state index contributed by atoms with van der Waals surface area (Å²) in [7, 11) is 0. The maximum Gasteiger partial charge on any atom is 0.128 e. The smallest absolute Gasteiger partial charge is 0.128 e. The normalized spacial score (nSPS) is 14.0. The largest absolute Gasteiger partial charge is 0.324 e. The van der Waals surface area contributed by atoms with Crippen molar-refractivity contribution in [3.05, 3.63) is 34.1 Å². The molecule has 0 spiro atoms. The van der Waals surface area contributed by atoms with Gasteiger partial charge in [0.05, 0.1) is 0 Å². The predicted molar refractivity (Wildman–Crippen MR) is 65.1 cm³/mol. The van der Waals surface area contributed by atoms with Crippen LogP contribution < -0.4 is 5.73 Å². The van der Waals surface area contributed by atoms with E-state index in [2.05, 4.69) is 36.7 Å². The molecule has 0 aromatic heterocycles. The zero-order valence-electron chi connectivity index (χ0n) is 9.35. The summed E-state index contributed by atoms with van der Waals surface area (Å²) in [4.78, 5) is 0. The van der Waals surface area contributed by atoms with Gasteiger partial charge in [0.2, 0.25) is 0 Å². The van der Waals surface area contributed by atoms with Gasteiger partial charge >= 0.3 is 0 Å². The summed E-state index contributed by atoms with van der Waals surface area (Å²) in [6.45, 7) is 6.30. The molecular formula is C12H17BrFN. The van der Waals surface area contributed by atoms with E-state index in [1.54, 1.807) is 12.1 Å². The van der Waals surface area contributed by atoms with E-state index >= 15 is 0 Å². The first-order chi connectivity index (χ1) is 6.79. The molecule has 1 atom stereocenters. The van der Waals surface area contributed by atoms with E-state index in [1.807, 2.05) is 0 Å². The third-order valence-electron chi connectivity index (χ3n) is 2.19. The first kappa shape index (κ1) is 12.7. The Kier molecular flexibility index (Phi) is 3.90. The van der Waals surface area contributed by atoms with Crippen LogP contribution in [0, 0.1) is 11.2 Å². The summed E-state index contributed by atoms with van der Waals surface area (Å²) in [6, 6.07) is 4.64. The summed E-state index contributed by atoms with van der Waals surface area (Å²) < 4.78 is 14.4. The van der Waals surface area contributed by atoms with Gasteiger partial charge in [-0.2, -0.15) is 0 Å². The molecule has 0 aliphatic carbocycles. The van der Waals surface area contributed by atoms with Crippen LogP contribution in [0.25, 0.3) is 0 Å². The van der Waals surface area contributed by atoms with Gasteiger partial charge in [0.25, 0.3) is 0 Å². The highest BCUT2D eigenvalue weighted by molar-refractivity contribution is 9.10. The van der Waals surface area contributed by atoms with E-state index < -0.39 is 0 Å². The van der Waals surface area contributed by atoms with Gasteiger partial charge in [-0.3, -0.25) is 0 Å². The van der Waals surface area contributed by atoms with Crippen molar-refractivity contribution in [2.24, 2.45) is 11.1 Å². The standard InChI is InChI=1S/C12H17BrFN/c1-12(2,3)7-11(15)9-6-8(13)4-5-10(9)14/h4-6,11H,7,15H2,1-3H3. The summed E-state index contributed by atoms with van der Waals surface area (Å²) in [5.41, 5.74) is 6.68. The second-order valence-electron chi connectivity index (χ2n) is 5.04. The second kappa shape index (κ2) is 4.62. The summed E-state index contributed by atoms with van der Waals surface area (Å²) in [6.07, 6.45) is 0.764. The van der Waals surface area contributed by atoms with E-state index in [1.165, 1.54) is 6.07 Å². The van der Waals surface area contributed by atoms with Crippen molar-refractivity contribution < 1.29 is 4.39 Å². The molecule has 0 aliphatic rings. The zero-order chi connectivity index (χ0) is 11.6. The Morgan fingerprint density at radius 3 is 2.53 bits per heavy atom. The second-order valence-corrected chi connectivity index (χ2v) is 5.95. The van der Waals surface area contributed by atoms with Gasteiger partial charge in [-0.15, -0.1) is 0 Å². The van der Waals surface area contributed by atoms with Gasteiger partial charge < -0.3 is 5.73 Å². The van der Waals surface area contributed by atoms with Crippen LogP contribution in [0.1, 0.15) is 38.8 Å². The fourth-order valence-electron chi connectivity index (χ4n) is 1.57. The van der Waals surface area contributed by atoms with Gasteiger partial charge in [0.15, 0.2) is 0 Å². The number of nitrogens with two attached hydrogens (primary N) is 1. The molecule has 0 amide bonds. The first-order valence-corrected chi connectivity index (χ1v) is 5.79. The van der Waals surface area contributed by atoms with Crippen LogP contribution in [0.2, 0.25) is 0 Å². The number of benzene rings is 1. The Morgan fingerprint density at radius 2 is 2.00 bits per heavy atom. The number of hydrogen-bond donors (Lipinski definition) is 1. The maximum absolute atomic E-state index is 13.5. The molecule has 0 heterocycles. The minimum atomic E-state index is -0.248. The molecule has 0 radical (unpaired) electrons. The molecule has 1 aromatic rings. The fourth-order valence-corrected chi connectivity index (χ4v) is 1.95. The van der Waals surface area contributed by atoms with E-state index in [0.29, 0.717) is 5.56 Å². The molecule has 1 rings (SSSR count). The molecule has 0 saturated heterocycles. The SMILES string of the molecule is CC(C)(C)CC(N)c1cc(Br)ccc1F. The highest BCUT2D eigenvalue weighted by Crippen LogP contribution is 2.30. The van der Waals surface area contributed by atoms with Crippen LogP contribution in [0.3, 0.4) is 0 Å². The number of hydrogen-bond acceptors (Lipinski definition) is 1.